The highest BCUT2D eigenvalue weighted by atomic mass is 35.5. The average Bonchev–Trinajstić information content (AvgIpc) is 2.45. The zero-order valence-electron chi connectivity index (χ0n) is 13.6. The van der Waals surface area contributed by atoms with Gasteiger partial charge in [0, 0.05) is 25.4 Å². The van der Waals surface area contributed by atoms with Gasteiger partial charge in [0.2, 0.25) is 5.91 Å². The minimum absolute atomic E-state index is 0. The second-order valence-corrected chi connectivity index (χ2v) is 5.23. The lowest BCUT2D eigenvalue weighted by Gasteiger charge is -2.12. The summed E-state index contributed by atoms with van der Waals surface area (Å²) in [4.78, 5) is 23.2. The summed E-state index contributed by atoms with van der Waals surface area (Å²) in [5.41, 5.74) is 7.21. The summed E-state index contributed by atoms with van der Waals surface area (Å²) < 4.78 is 4.82. The summed E-state index contributed by atoms with van der Waals surface area (Å²) in [6.45, 7) is 4.33. The molecule has 0 aliphatic rings. The van der Waals surface area contributed by atoms with E-state index in [0.717, 1.165) is 5.56 Å². The van der Waals surface area contributed by atoms with Crippen LogP contribution in [0.15, 0.2) is 24.3 Å². The summed E-state index contributed by atoms with van der Waals surface area (Å²) in [7, 11) is 1.49. The van der Waals surface area contributed by atoms with Crippen molar-refractivity contribution in [2.45, 2.75) is 32.5 Å². The second-order valence-electron chi connectivity index (χ2n) is 5.23. The molecule has 1 aromatic carbocycles. The summed E-state index contributed by atoms with van der Waals surface area (Å²) in [5, 5.41) is 8.19. The molecule has 0 heterocycles. The van der Waals surface area contributed by atoms with E-state index in [1.807, 2.05) is 26.0 Å². The van der Waals surface area contributed by atoms with E-state index in [1.54, 1.807) is 12.1 Å². The number of amides is 3. The highest BCUT2D eigenvalue weighted by Crippen LogP contribution is 2.09. The molecule has 5 N–H and O–H groups in total. The Morgan fingerprint density at radius 3 is 2.35 bits per heavy atom. The maximum atomic E-state index is 11.6. The van der Waals surface area contributed by atoms with E-state index < -0.39 is 6.04 Å². The lowest BCUT2D eigenvalue weighted by Crippen LogP contribution is -2.43. The third kappa shape index (κ3) is 8.39. The predicted molar refractivity (Wildman–Crippen MR) is 92.7 cm³/mol. The SMILES string of the molecule is COCC(N)C(=O)NCc1ccc(NC(=O)NC(C)C)cc1.Cl. The second kappa shape index (κ2) is 10.8. The Morgan fingerprint density at radius 2 is 1.83 bits per heavy atom. The number of halogens is 1. The number of methoxy groups -OCH3 is 1. The van der Waals surface area contributed by atoms with Gasteiger partial charge < -0.3 is 26.4 Å². The lowest BCUT2D eigenvalue weighted by molar-refractivity contribution is -0.123. The van der Waals surface area contributed by atoms with Gasteiger partial charge in [0.1, 0.15) is 6.04 Å². The number of benzene rings is 1. The van der Waals surface area contributed by atoms with Crippen molar-refractivity contribution < 1.29 is 14.3 Å². The molecule has 130 valence electrons. The Morgan fingerprint density at radius 1 is 1.22 bits per heavy atom. The van der Waals surface area contributed by atoms with E-state index in [4.69, 9.17) is 10.5 Å². The first-order chi connectivity index (χ1) is 10.4. The number of hydrogen-bond acceptors (Lipinski definition) is 4. The fourth-order valence-corrected chi connectivity index (χ4v) is 1.71. The summed E-state index contributed by atoms with van der Waals surface area (Å²) in [5.74, 6) is -0.264. The van der Waals surface area contributed by atoms with Crippen molar-refractivity contribution in [2.75, 3.05) is 19.0 Å². The van der Waals surface area contributed by atoms with Crippen LogP contribution in [0, 0.1) is 0 Å². The zero-order chi connectivity index (χ0) is 16.5. The van der Waals surface area contributed by atoms with Crippen molar-refractivity contribution in [3.63, 3.8) is 0 Å². The minimum atomic E-state index is -0.675. The molecule has 1 unspecified atom stereocenters. The van der Waals surface area contributed by atoms with Gasteiger partial charge in [0.25, 0.3) is 0 Å². The van der Waals surface area contributed by atoms with Gasteiger partial charge in [-0.15, -0.1) is 12.4 Å². The molecular formula is C15H25ClN4O3. The molecule has 0 aromatic heterocycles. The van der Waals surface area contributed by atoms with E-state index in [0.29, 0.717) is 12.2 Å². The number of nitrogens with two attached hydrogens (primary N) is 1. The molecule has 0 fully saturated rings. The minimum Gasteiger partial charge on any atom is -0.383 e. The predicted octanol–water partition coefficient (Wildman–Crippen LogP) is 1.23. The highest BCUT2D eigenvalue weighted by molar-refractivity contribution is 5.89. The Bertz CT molecular complexity index is 494. The third-order valence-electron chi connectivity index (χ3n) is 2.78. The van der Waals surface area contributed by atoms with Crippen LogP contribution in [0.3, 0.4) is 0 Å². The molecule has 3 amide bonds. The van der Waals surface area contributed by atoms with Crippen LogP contribution in [0.4, 0.5) is 10.5 Å². The maximum Gasteiger partial charge on any atom is 0.319 e. The molecule has 0 aliphatic carbocycles. The van der Waals surface area contributed by atoms with Crippen molar-refractivity contribution in [2.24, 2.45) is 5.73 Å². The normalized spacial score (nSPS) is 11.3. The molecule has 0 bridgehead atoms. The van der Waals surface area contributed by atoms with Gasteiger partial charge in [0.15, 0.2) is 0 Å². The van der Waals surface area contributed by atoms with Crippen LogP contribution in [-0.2, 0) is 16.1 Å². The van der Waals surface area contributed by atoms with E-state index in [9.17, 15) is 9.59 Å². The standard InChI is InChI=1S/C15H24N4O3.ClH/c1-10(2)18-15(21)19-12-6-4-11(5-7-12)8-17-14(20)13(16)9-22-3;/h4-7,10,13H,8-9,16H2,1-3H3,(H,17,20)(H2,18,19,21);1H. The third-order valence-corrected chi connectivity index (χ3v) is 2.78. The quantitative estimate of drug-likeness (QED) is 0.597. The van der Waals surface area contributed by atoms with Crippen molar-refractivity contribution in [1.29, 1.82) is 0 Å². The average molecular weight is 345 g/mol. The fraction of sp³-hybridized carbons (Fsp3) is 0.467. The van der Waals surface area contributed by atoms with Gasteiger partial charge in [-0.05, 0) is 31.5 Å². The monoisotopic (exact) mass is 344 g/mol. The number of rotatable bonds is 7. The maximum absolute atomic E-state index is 11.6. The van der Waals surface area contributed by atoms with E-state index in [2.05, 4.69) is 16.0 Å². The number of carbonyl (C=O) groups excluding carboxylic acids is 2. The molecule has 0 spiro atoms. The number of ether oxygens (including phenoxy) is 1. The Hall–Kier alpha value is -1.83. The molecule has 23 heavy (non-hydrogen) atoms. The van der Waals surface area contributed by atoms with Crippen LogP contribution in [0.25, 0.3) is 0 Å². The first kappa shape index (κ1) is 21.2. The van der Waals surface area contributed by atoms with Gasteiger partial charge >= 0.3 is 6.03 Å². The first-order valence-corrected chi connectivity index (χ1v) is 7.11. The van der Waals surface area contributed by atoms with E-state index in [1.165, 1.54) is 7.11 Å². The molecule has 1 aromatic rings. The van der Waals surface area contributed by atoms with Crippen molar-refractivity contribution in [3.05, 3.63) is 29.8 Å². The number of urea groups is 1. The lowest BCUT2D eigenvalue weighted by atomic mass is 10.2. The van der Waals surface area contributed by atoms with Gasteiger partial charge in [-0.25, -0.2) is 4.79 Å². The number of carbonyl (C=O) groups is 2. The summed E-state index contributed by atoms with van der Waals surface area (Å²) >= 11 is 0. The number of hydrogen-bond donors (Lipinski definition) is 4. The van der Waals surface area contributed by atoms with Crippen LogP contribution in [0.2, 0.25) is 0 Å². The molecule has 7 nitrogen and oxygen atoms in total. The smallest absolute Gasteiger partial charge is 0.319 e. The fourth-order valence-electron chi connectivity index (χ4n) is 1.71. The molecule has 0 radical (unpaired) electrons. The van der Waals surface area contributed by atoms with Crippen LogP contribution >= 0.6 is 12.4 Å². The van der Waals surface area contributed by atoms with Gasteiger partial charge in [-0.3, -0.25) is 4.79 Å². The molecule has 0 aliphatic heterocycles. The first-order valence-electron chi connectivity index (χ1n) is 7.11. The van der Waals surface area contributed by atoms with Gasteiger partial charge in [-0.2, -0.15) is 0 Å². The molecule has 1 atom stereocenters. The van der Waals surface area contributed by atoms with Crippen LogP contribution in [-0.4, -0.2) is 37.7 Å². The summed E-state index contributed by atoms with van der Waals surface area (Å²) in [6.07, 6.45) is 0. The van der Waals surface area contributed by atoms with Crippen molar-refractivity contribution in [3.8, 4) is 0 Å². The Balaban J connectivity index is 0.00000484. The topological polar surface area (TPSA) is 105 Å². The highest BCUT2D eigenvalue weighted by Gasteiger charge is 2.12. The van der Waals surface area contributed by atoms with Crippen molar-refractivity contribution in [1.82, 2.24) is 10.6 Å². The van der Waals surface area contributed by atoms with Crippen molar-refractivity contribution >= 4 is 30.0 Å². The number of anilines is 1. The van der Waals surface area contributed by atoms with Crippen LogP contribution in [0.1, 0.15) is 19.4 Å². The Kier molecular flexibility index (Phi) is 9.96. The number of nitrogens with one attached hydrogen (secondary N) is 3. The molecule has 8 heteroatoms. The van der Waals surface area contributed by atoms with E-state index >= 15 is 0 Å². The molecule has 0 saturated heterocycles. The Labute approximate surface area is 142 Å². The zero-order valence-corrected chi connectivity index (χ0v) is 14.4. The summed E-state index contributed by atoms with van der Waals surface area (Å²) in [6, 6.07) is 6.35. The molecular weight excluding hydrogens is 320 g/mol. The van der Waals surface area contributed by atoms with Crippen LogP contribution in [0.5, 0.6) is 0 Å². The van der Waals surface area contributed by atoms with Gasteiger partial charge in [-0.1, -0.05) is 12.1 Å². The van der Waals surface area contributed by atoms with Crippen LogP contribution < -0.4 is 21.7 Å². The molecule has 0 saturated carbocycles. The molecule has 1 rings (SSSR count). The largest absolute Gasteiger partial charge is 0.383 e. The van der Waals surface area contributed by atoms with Gasteiger partial charge in [0.05, 0.1) is 6.61 Å². The van der Waals surface area contributed by atoms with E-state index in [-0.39, 0.29) is 37.0 Å².